The lowest BCUT2D eigenvalue weighted by atomic mass is 9.98. The van der Waals surface area contributed by atoms with Crippen LogP contribution in [0.1, 0.15) is 21.6 Å². The van der Waals surface area contributed by atoms with Gasteiger partial charge in [-0.05, 0) is 30.2 Å². The Kier molecular flexibility index (Phi) is 4.54. The zero-order valence-corrected chi connectivity index (χ0v) is 14.1. The number of imidazole rings is 1. The Morgan fingerprint density at radius 3 is 2.76 bits per heavy atom. The summed E-state index contributed by atoms with van der Waals surface area (Å²) in [4.78, 5) is 15.4. The van der Waals surface area contributed by atoms with E-state index < -0.39 is 5.97 Å². The highest BCUT2D eigenvalue weighted by molar-refractivity contribution is 6.33. The molecule has 7 heteroatoms. The number of nitrogen functional groups attached to an aromatic ring is 1. The summed E-state index contributed by atoms with van der Waals surface area (Å²) in [5.74, 6) is -0.773. The van der Waals surface area contributed by atoms with Crippen molar-refractivity contribution in [2.75, 3.05) is 5.73 Å². The van der Waals surface area contributed by atoms with Crippen LogP contribution in [-0.2, 0) is 0 Å². The Morgan fingerprint density at radius 1 is 1.32 bits per heavy atom. The molecule has 0 atom stereocenters. The van der Waals surface area contributed by atoms with Gasteiger partial charge in [-0.15, -0.1) is 0 Å². The molecule has 0 bridgehead atoms. The molecule has 1 heterocycles. The van der Waals surface area contributed by atoms with E-state index >= 15 is 0 Å². The highest BCUT2D eigenvalue weighted by Gasteiger charge is 2.11. The molecule has 0 radical (unpaired) electrons. The maximum absolute atomic E-state index is 11.3. The van der Waals surface area contributed by atoms with Gasteiger partial charge in [0.2, 0.25) is 5.95 Å². The minimum atomic E-state index is -1.07. The zero-order valence-electron chi connectivity index (χ0n) is 13.3. The summed E-state index contributed by atoms with van der Waals surface area (Å²) in [6.07, 6.45) is 3.38. The molecule has 3 N–H and O–H groups in total. The smallest absolute Gasteiger partial charge is 0.337 e. The van der Waals surface area contributed by atoms with Crippen molar-refractivity contribution in [2.45, 2.75) is 6.92 Å². The number of hydrogen-bond acceptors (Lipinski definition) is 4. The number of halogens is 1. The number of anilines is 1. The van der Waals surface area contributed by atoms with Crippen LogP contribution in [0.2, 0.25) is 5.02 Å². The fraction of sp³-hybridized carbons (Fsp3) is 0.0556. The van der Waals surface area contributed by atoms with Gasteiger partial charge in [-0.3, -0.25) is 0 Å². The van der Waals surface area contributed by atoms with Crippen molar-refractivity contribution in [3.63, 3.8) is 0 Å². The van der Waals surface area contributed by atoms with Crippen LogP contribution in [0.5, 0.6) is 0 Å². The molecule has 3 rings (SSSR count). The number of aryl methyl sites for hydroxylation is 1. The van der Waals surface area contributed by atoms with Crippen molar-refractivity contribution in [3.8, 4) is 11.1 Å². The van der Waals surface area contributed by atoms with Crippen molar-refractivity contribution in [3.05, 3.63) is 70.5 Å². The van der Waals surface area contributed by atoms with E-state index in [4.69, 9.17) is 17.3 Å². The molecule has 1 aromatic heterocycles. The summed E-state index contributed by atoms with van der Waals surface area (Å²) in [6, 6.07) is 12.4. The van der Waals surface area contributed by atoms with Crippen LogP contribution in [-0.4, -0.2) is 27.0 Å². The Labute approximate surface area is 149 Å². The first kappa shape index (κ1) is 16.7. The van der Waals surface area contributed by atoms with Gasteiger partial charge in [0, 0.05) is 5.56 Å². The van der Waals surface area contributed by atoms with E-state index in [1.165, 1.54) is 4.68 Å². The predicted octanol–water partition coefficient (Wildman–Crippen LogP) is 3.67. The fourth-order valence-electron chi connectivity index (χ4n) is 2.45. The number of aromatic carboxylic acids is 1. The largest absolute Gasteiger partial charge is 0.478 e. The van der Waals surface area contributed by atoms with Crippen molar-refractivity contribution < 1.29 is 9.90 Å². The maximum Gasteiger partial charge on any atom is 0.337 e. The standard InChI is InChI=1S/C18H15ClN4O2/c1-11-10-23(18(20)22-11)21-9-13-4-2-3-5-14(13)12-6-7-16(19)15(8-12)17(24)25/h2-10H,1H3,(H2,20,22)(H,24,25). The summed E-state index contributed by atoms with van der Waals surface area (Å²) < 4.78 is 1.48. The van der Waals surface area contributed by atoms with Crippen LogP contribution in [0.25, 0.3) is 11.1 Å². The van der Waals surface area contributed by atoms with E-state index in [1.807, 2.05) is 31.2 Å². The van der Waals surface area contributed by atoms with Crippen LogP contribution >= 0.6 is 11.6 Å². The van der Waals surface area contributed by atoms with Gasteiger partial charge in [-0.25, -0.2) is 14.5 Å². The fourth-order valence-corrected chi connectivity index (χ4v) is 2.65. The van der Waals surface area contributed by atoms with Gasteiger partial charge < -0.3 is 10.8 Å². The van der Waals surface area contributed by atoms with Gasteiger partial charge in [0.1, 0.15) is 0 Å². The summed E-state index contributed by atoms with van der Waals surface area (Å²) >= 11 is 5.95. The Balaban J connectivity index is 2.03. The molecule has 126 valence electrons. The first-order valence-corrected chi connectivity index (χ1v) is 7.81. The second kappa shape index (κ2) is 6.78. The second-order valence-electron chi connectivity index (χ2n) is 5.42. The molecule has 0 unspecified atom stereocenters. The van der Waals surface area contributed by atoms with Gasteiger partial charge in [0.05, 0.1) is 28.7 Å². The van der Waals surface area contributed by atoms with E-state index in [-0.39, 0.29) is 10.6 Å². The molecule has 0 aliphatic heterocycles. The van der Waals surface area contributed by atoms with Gasteiger partial charge in [0.25, 0.3) is 0 Å². The van der Waals surface area contributed by atoms with E-state index in [1.54, 1.807) is 30.6 Å². The molecule has 6 nitrogen and oxygen atoms in total. The Bertz CT molecular complexity index is 979. The number of carboxylic acid groups (broad SMARTS) is 1. The Morgan fingerprint density at radius 2 is 2.08 bits per heavy atom. The summed E-state index contributed by atoms with van der Waals surface area (Å²) in [5.41, 5.74) is 8.99. The zero-order chi connectivity index (χ0) is 18.0. The minimum absolute atomic E-state index is 0.0559. The normalized spacial score (nSPS) is 11.1. The topological polar surface area (TPSA) is 93.5 Å². The highest BCUT2D eigenvalue weighted by Crippen LogP contribution is 2.27. The van der Waals surface area contributed by atoms with Crippen LogP contribution in [0, 0.1) is 6.92 Å². The maximum atomic E-state index is 11.3. The van der Waals surface area contributed by atoms with Crippen LogP contribution < -0.4 is 5.73 Å². The molecule has 0 aliphatic carbocycles. The van der Waals surface area contributed by atoms with E-state index in [0.29, 0.717) is 5.95 Å². The number of hydrogen-bond donors (Lipinski definition) is 2. The van der Waals surface area contributed by atoms with Crippen molar-refractivity contribution in [1.82, 2.24) is 9.66 Å². The molecule has 0 saturated carbocycles. The summed E-state index contributed by atoms with van der Waals surface area (Å²) in [5, 5.41) is 13.8. The highest BCUT2D eigenvalue weighted by atomic mass is 35.5. The summed E-state index contributed by atoms with van der Waals surface area (Å²) in [7, 11) is 0. The molecule has 0 saturated heterocycles. The van der Waals surface area contributed by atoms with Crippen LogP contribution in [0.4, 0.5) is 5.95 Å². The molecular weight excluding hydrogens is 340 g/mol. The SMILES string of the molecule is Cc1cn(N=Cc2ccccc2-c2ccc(Cl)c(C(=O)O)c2)c(N)n1. The molecule has 0 fully saturated rings. The minimum Gasteiger partial charge on any atom is -0.478 e. The van der Waals surface area contributed by atoms with E-state index in [9.17, 15) is 9.90 Å². The van der Waals surface area contributed by atoms with Crippen molar-refractivity contribution >= 4 is 29.7 Å². The van der Waals surface area contributed by atoms with Crippen LogP contribution in [0.15, 0.2) is 53.8 Å². The monoisotopic (exact) mass is 354 g/mol. The predicted molar refractivity (Wildman–Crippen MR) is 98.2 cm³/mol. The number of aromatic nitrogens is 2. The first-order valence-electron chi connectivity index (χ1n) is 7.44. The van der Waals surface area contributed by atoms with Gasteiger partial charge in [-0.2, -0.15) is 5.10 Å². The van der Waals surface area contributed by atoms with Crippen LogP contribution in [0.3, 0.4) is 0 Å². The van der Waals surface area contributed by atoms with Crippen molar-refractivity contribution in [1.29, 1.82) is 0 Å². The lowest BCUT2D eigenvalue weighted by molar-refractivity contribution is 0.0697. The molecule has 2 aromatic carbocycles. The molecule has 0 aliphatic rings. The number of benzene rings is 2. The van der Waals surface area contributed by atoms with E-state index in [0.717, 1.165) is 22.4 Å². The second-order valence-corrected chi connectivity index (χ2v) is 5.82. The van der Waals surface area contributed by atoms with Crippen molar-refractivity contribution in [2.24, 2.45) is 5.10 Å². The average Bonchev–Trinajstić information content (AvgIpc) is 2.91. The molecule has 3 aromatic rings. The Hall–Kier alpha value is -3.12. The molecule has 0 spiro atoms. The summed E-state index contributed by atoms with van der Waals surface area (Å²) in [6.45, 7) is 1.83. The third-order valence-corrected chi connectivity index (χ3v) is 3.95. The third kappa shape index (κ3) is 3.54. The average molecular weight is 355 g/mol. The number of nitrogens with two attached hydrogens (primary N) is 1. The molecule has 25 heavy (non-hydrogen) atoms. The lowest BCUT2D eigenvalue weighted by Gasteiger charge is -2.08. The van der Waals surface area contributed by atoms with Gasteiger partial charge >= 0.3 is 5.97 Å². The molecule has 0 amide bonds. The lowest BCUT2D eigenvalue weighted by Crippen LogP contribution is -1.99. The van der Waals surface area contributed by atoms with E-state index in [2.05, 4.69) is 10.1 Å². The third-order valence-electron chi connectivity index (χ3n) is 3.62. The number of carbonyl (C=O) groups is 1. The van der Waals surface area contributed by atoms with Gasteiger partial charge in [0.15, 0.2) is 0 Å². The quantitative estimate of drug-likeness (QED) is 0.699. The molecular formula is C18H15ClN4O2. The first-order chi connectivity index (χ1) is 12.0. The number of carboxylic acids is 1. The number of rotatable bonds is 4. The van der Waals surface area contributed by atoms with Gasteiger partial charge in [-0.1, -0.05) is 41.9 Å². The number of nitrogens with zero attached hydrogens (tertiary/aromatic N) is 3.